The number of nitrogens with zero attached hydrogens (tertiary/aromatic N) is 4. The van der Waals surface area contributed by atoms with Crippen molar-refractivity contribution in [2.45, 2.75) is 46.6 Å². The van der Waals surface area contributed by atoms with Crippen molar-refractivity contribution in [1.29, 1.82) is 0 Å². The first-order valence-electron chi connectivity index (χ1n) is 10.2. The van der Waals surface area contributed by atoms with Crippen molar-refractivity contribution >= 4 is 28.4 Å². The molecule has 3 aromatic rings. The largest absolute Gasteiger partial charge is 0.496 e. The van der Waals surface area contributed by atoms with Crippen LogP contribution in [0, 0.1) is 19.8 Å². The number of hydrogen-bond acceptors (Lipinski definition) is 7. The molecule has 3 N–H and O–H groups in total. The summed E-state index contributed by atoms with van der Waals surface area (Å²) in [4.78, 5) is 16.5. The molecule has 0 fully saturated rings. The van der Waals surface area contributed by atoms with Crippen molar-refractivity contribution in [3.05, 3.63) is 23.5 Å². The van der Waals surface area contributed by atoms with Crippen molar-refractivity contribution in [2.24, 2.45) is 5.92 Å². The number of amides is 1. The normalized spacial score (nSPS) is 12.5. The summed E-state index contributed by atoms with van der Waals surface area (Å²) in [5, 5.41) is 24.3. The molecule has 0 spiro atoms. The first-order valence-corrected chi connectivity index (χ1v) is 10.2. The van der Waals surface area contributed by atoms with Crippen LogP contribution in [0.15, 0.2) is 12.1 Å². The Hall–Kier alpha value is -2.94. The lowest BCUT2D eigenvalue weighted by molar-refractivity contribution is -0.131. The first-order chi connectivity index (χ1) is 14.3. The molecule has 1 aromatic carbocycles. The van der Waals surface area contributed by atoms with Gasteiger partial charge in [-0.15, -0.1) is 10.2 Å². The van der Waals surface area contributed by atoms with Crippen LogP contribution in [-0.4, -0.2) is 56.9 Å². The zero-order valence-electron chi connectivity index (χ0n) is 18.2. The molecule has 0 aliphatic carbocycles. The van der Waals surface area contributed by atoms with Crippen molar-refractivity contribution in [3.63, 3.8) is 0 Å². The van der Waals surface area contributed by atoms with Gasteiger partial charge in [-0.3, -0.25) is 9.20 Å². The van der Waals surface area contributed by atoms with Crippen LogP contribution >= 0.6 is 0 Å². The summed E-state index contributed by atoms with van der Waals surface area (Å²) < 4.78 is 7.42. The fraction of sp³-hybridized carbons (Fsp3) is 0.524. The van der Waals surface area contributed by atoms with Crippen LogP contribution in [0.5, 0.6) is 5.75 Å². The Labute approximate surface area is 175 Å². The van der Waals surface area contributed by atoms with Crippen LogP contribution in [-0.2, 0) is 4.79 Å². The molecular formula is C21H30N6O3. The molecule has 9 heteroatoms. The number of unbranched alkanes of at least 4 members (excludes halogenated alkanes) is 1. The molecule has 0 unspecified atom stereocenters. The van der Waals surface area contributed by atoms with Crippen LogP contribution in [0.25, 0.3) is 16.7 Å². The second-order valence-electron chi connectivity index (χ2n) is 7.79. The number of methoxy groups -OCH3 is 1. The lowest BCUT2D eigenvalue weighted by Gasteiger charge is -2.14. The van der Waals surface area contributed by atoms with E-state index in [9.17, 15) is 9.90 Å². The number of aryl methyl sites for hydroxylation is 2. The Kier molecular flexibility index (Phi) is 6.71. The van der Waals surface area contributed by atoms with Gasteiger partial charge in [0.05, 0.1) is 18.1 Å². The zero-order valence-corrected chi connectivity index (χ0v) is 18.2. The second-order valence-corrected chi connectivity index (χ2v) is 7.79. The van der Waals surface area contributed by atoms with E-state index in [0.717, 1.165) is 41.0 Å². The molecular weight excluding hydrogens is 384 g/mol. The van der Waals surface area contributed by atoms with E-state index in [2.05, 4.69) is 20.8 Å². The summed E-state index contributed by atoms with van der Waals surface area (Å²) in [6, 6.07) is 3.95. The number of carbonyl (C=O) groups excluding carboxylic acids is 1. The molecule has 1 atom stereocenters. The van der Waals surface area contributed by atoms with Gasteiger partial charge in [-0.05, 0) is 44.2 Å². The molecule has 2 heterocycles. The van der Waals surface area contributed by atoms with E-state index in [1.165, 1.54) is 0 Å². The smallest absolute Gasteiger partial charge is 0.249 e. The average molecular weight is 415 g/mol. The third kappa shape index (κ3) is 4.46. The number of rotatable bonds is 9. The minimum absolute atomic E-state index is 0.0942. The highest BCUT2D eigenvalue weighted by molar-refractivity contribution is 5.85. The molecule has 0 bridgehead atoms. The van der Waals surface area contributed by atoms with Crippen LogP contribution in [0.1, 0.15) is 38.1 Å². The summed E-state index contributed by atoms with van der Waals surface area (Å²) in [5.74, 6) is 1.83. The molecule has 162 valence electrons. The molecule has 9 nitrogen and oxygen atoms in total. The topological polar surface area (TPSA) is 114 Å². The molecule has 0 radical (unpaired) electrons. The molecule has 0 aliphatic heterocycles. The predicted molar refractivity (Wildman–Crippen MR) is 116 cm³/mol. The minimum atomic E-state index is -0.962. The van der Waals surface area contributed by atoms with Crippen LogP contribution in [0.2, 0.25) is 0 Å². The SMILES string of the molecule is COc1cc2c(cc1C)nc(NCCCCNC(=O)[C@H](O)C(C)C)c1nnc(C)n12. The number of fused-ring (bicyclic) bond motifs is 3. The maximum Gasteiger partial charge on any atom is 0.249 e. The van der Waals surface area contributed by atoms with Gasteiger partial charge in [0, 0.05) is 19.2 Å². The van der Waals surface area contributed by atoms with Gasteiger partial charge in [0.1, 0.15) is 17.7 Å². The summed E-state index contributed by atoms with van der Waals surface area (Å²) in [7, 11) is 1.65. The number of nitrogens with one attached hydrogen (secondary N) is 2. The van der Waals surface area contributed by atoms with Crippen molar-refractivity contribution in [1.82, 2.24) is 24.9 Å². The number of aromatic nitrogens is 4. The van der Waals surface area contributed by atoms with Gasteiger partial charge in [0.15, 0.2) is 5.82 Å². The van der Waals surface area contributed by atoms with E-state index >= 15 is 0 Å². The Morgan fingerprint density at radius 1 is 1.20 bits per heavy atom. The van der Waals surface area contributed by atoms with Crippen LogP contribution in [0.3, 0.4) is 0 Å². The van der Waals surface area contributed by atoms with Crippen molar-refractivity contribution < 1.29 is 14.6 Å². The standard InChI is InChI=1S/C21H30N6O3/c1-12(2)18(28)21(29)23-9-7-6-8-22-19-20-26-25-14(4)27(20)16-11-17(30-5)13(3)10-15(16)24-19/h10-12,18,28H,6-9H2,1-5H3,(H,22,24)(H,23,29)/t18-/m1/s1. The van der Waals surface area contributed by atoms with Gasteiger partial charge in [0.25, 0.3) is 0 Å². The van der Waals surface area contributed by atoms with E-state index in [0.29, 0.717) is 24.6 Å². The highest BCUT2D eigenvalue weighted by atomic mass is 16.5. The number of benzene rings is 1. The number of ether oxygens (including phenoxy) is 1. The Balaban J connectivity index is 1.67. The van der Waals surface area contributed by atoms with Gasteiger partial charge in [-0.1, -0.05) is 13.8 Å². The number of aliphatic hydroxyl groups excluding tert-OH is 1. The van der Waals surface area contributed by atoms with E-state index in [-0.39, 0.29) is 11.8 Å². The van der Waals surface area contributed by atoms with Gasteiger partial charge >= 0.3 is 0 Å². The molecule has 0 aliphatic rings. The number of carbonyl (C=O) groups is 1. The lowest BCUT2D eigenvalue weighted by atomic mass is 10.1. The summed E-state index contributed by atoms with van der Waals surface area (Å²) in [6.07, 6.45) is 0.658. The van der Waals surface area contributed by atoms with E-state index in [1.54, 1.807) is 7.11 Å². The number of aliphatic hydroxyl groups is 1. The predicted octanol–water partition coefficient (Wildman–Crippen LogP) is 2.23. The number of hydrogen-bond donors (Lipinski definition) is 3. The Morgan fingerprint density at radius 2 is 1.93 bits per heavy atom. The van der Waals surface area contributed by atoms with E-state index in [1.807, 2.05) is 44.2 Å². The average Bonchev–Trinajstić information content (AvgIpc) is 3.11. The zero-order chi connectivity index (χ0) is 21.8. The lowest BCUT2D eigenvalue weighted by Crippen LogP contribution is -2.38. The van der Waals surface area contributed by atoms with Crippen LogP contribution in [0.4, 0.5) is 5.82 Å². The molecule has 3 rings (SSSR count). The maximum atomic E-state index is 11.8. The highest BCUT2D eigenvalue weighted by Gasteiger charge is 2.18. The number of anilines is 1. The molecule has 0 saturated heterocycles. The molecule has 1 amide bonds. The maximum absolute atomic E-state index is 11.8. The summed E-state index contributed by atoms with van der Waals surface area (Å²) in [5.41, 5.74) is 3.40. The van der Waals surface area contributed by atoms with Crippen molar-refractivity contribution in [2.75, 3.05) is 25.5 Å². The van der Waals surface area contributed by atoms with Gasteiger partial charge < -0.3 is 20.5 Å². The van der Waals surface area contributed by atoms with Crippen LogP contribution < -0.4 is 15.4 Å². The monoisotopic (exact) mass is 414 g/mol. The highest BCUT2D eigenvalue weighted by Crippen LogP contribution is 2.28. The Bertz CT molecular complexity index is 1050. The molecule has 2 aromatic heterocycles. The van der Waals surface area contributed by atoms with Crippen molar-refractivity contribution in [3.8, 4) is 5.75 Å². The quantitative estimate of drug-likeness (QED) is 0.460. The van der Waals surface area contributed by atoms with E-state index in [4.69, 9.17) is 9.72 Å². The van der Waals surface area contributed by atoms with E-state index < -0.39 is 6.10 Å². The minimum Gasteiger partial charge on any atom is -0.496 e. The third-order valence-corrected chi connectivity index (χ3v) is 5.10. The fourth-order valence-electron chi connectivity index (χ4n) is 3.32. The first kappa shape index (κ1) is 21.8. The van der Waals surface area contributed by atoms with Gasteiger partial charge in [-0.2, -0.15) is 0 Å². The third-order valence-electron chi connectivity index (χ3n) is 5.10. The fourth-order valence-corrected chi connectivity index (χ4v) is 3.32. The second kappa shape index (κ2) is 9.25. The van der Waals surface area contributed by atoms with Gasteiger partial charge in [0.2, 0.25) is 11.6 Å². The Morgan fingerprint density at radius 3 is 2.63 bits per heavy atom. The van der Waals surface area contributed by atoms with Gasteiger partial charge in [-0.25, -0.2) is 4.98 Å². The molecule has 30 heavy (non-hydrogen) atoms. The molecule has 0 saturated carbocycles. The summed E-state index contributed by atoms with van der Waals surface area (Å²) >= 11 is 0. The summed E-state index contributed by atoms with van der Waals surface area (Å²) in [6.45, 7) is 8.72.